The van der Waals surface area contributed by atoms with Crippen LogP contribution in [0.25, 0.3) is 0 Å². The number of benzene rings is 1. The first-order valence-corrected chi connectivity index (χ1v) is 10.1. The molecule has 0 saturated carbocycles. The van der Waals surface area contributed by atoms with E-state index in [2.05, 4.69) is 0 Å². The number of amides is 2. The van der Waals surface area contributed by atoms with Crippen molar-refractivity contribution in [3.63, 3.8) is 0 Å². The quantitative estimate of drug-likeness (QED) is 0.562. The third-order valence-electron chi connectivity index (χ3n) is 4.88. The van der Waals surface area contributed by atoms with Crippen LogP contribution in [0, 0.1) is 6.92 Å². The van der Waals surface area contributed by atoms with E-state index in [1.54, 1.807) is 61.3 Å². The lowest BCUT2D eigenvalue weighted by Crippen LogP contribution is -2.33. The first-order chi connectivity index (χ1) is 14.3. The normalized spacial score (nSPS) is 10.6. The summed E-state index contributed by atoms with van der Waals surface area (Å²) in [5, 5.41) is 1.95. The predicted octanol–water partition coefficient (Wildman–Crippen LogP) is 2.97. The lowest BCUT2D eigenvalue weighted by molar-refractivity contribution is 0.0745. The standard InChI is InChI=1S/C22H23N3O4S/c1-14-18(21(23)27)11-19(25(14)12-17-5-4-10-30-17)20(26)13-24(2)22(28)15-6-8-16(29-3)9-7-15/h4-11H,12-13H2,1-3H3,(H2,23,27). The Morgan fingerprint density at radius 2 is 1.87 bits per heavy atom. The van der Waals surface area contributed by atoms with Crippen LogP contribution in [0.3, 0.4) is 0 Å². The molecule has 0 unspecified atom stereocenters. The van der Waals surface area contributed by atoms with E-state index in [0.717, 1.165) is 4.88 Å². The number of aromatic nitrogens is 1. The van der Waals surface area contributed by atoms with Gasteiger partial charge in [0.2, 0.25) is 0 Å². The van der Waals surface area contributed by atoms with Crippen molar-refractivity contribution in [2.24, 2.45) is 5.73 Å². The number of rotatable bonds is 8. The van der Waals surface area contributed by atoms with E-state index >= 15 is 0 Å². The number of carbonyl (C=O) groups excluding carboxylic acids is 3. The number of methoxy groups -OCH3 is 1. The zero-order valence-corrected chi connectivity index (χ0v) is 17.9. The van der Waals surface area contributed by atoms with Gasteiger partial charge in [-0.1, -0.05) is 6.07 Å². The van der Waals surface area contributed by atoms with Crippen LogP contribution >= 0.6 is 11.3 Å². The third kappa shape index (κ3) is 4.44. The van der Waals surface area contributed by atoms with Crippen molar-refractivity contribution in [2.45, 2.75) is 13.5 Å². The Morgan fingerprint density at radius 3 is 2.43 bits per heavy atom. The Morgan fingerprint density at radius 1 is 1.17 bits per heavy atom. The van der Waals surface area contributed by atoms with Gasteiger partial charge in [-0.15, -0.1) is 11.3 Å². The van der Waals surface area contributed by atoms with Crippen LogP contribution in [0.4, 0.5) is 0 Å². The maximum atomic E-state index is 13.0. The molecule has 0 aliphatic heterocycles. The summed E-state index contributed by atoms with van der Waals surface area (Å²) in [5.74, 6) is -0.499. The molecule has 2 heterocycles. The second kappa shape index (κ2) is 8.96. The monoisotopic (exact) mass is 425 g/mol. The maximum Gasteiger partial charge on any atom is 0.254 e. The highest BCUT2D eigenvalue weighted by Gasteiger charge is 2.23. The van der Waals surface area contributed by atoms with Crippen molar-refractivity contribution in [1.29, 1.82) is 0 Å². The number of nitrogens with two attached hydrogens (primary N) is 1. The fourth-order valence-electron chi connectivity index (χ4n) is 3.21. The molecule has 30 heavy (non-hydrogen) atoms. The van der Waals surface area contributed by atoms with E-state index in [0.29, 0.717) is 34.8 Å². The van der Waals surface area contributed by atoms with Crippen molar-refractivity contribution in [2.75, 3.05) is 20.7 Å². The highest BCUT2D eigenvalue weighted by molar-refractivity contribution is 7.09. The fourth-order valence-corrected chi connectivity index (χ4v) is 3.90. The third-order valence-corrected chi connectivity index (χ3v) is 5.74. The van der Waals surface area contributed by atoms with Crippen LogP contribution in [-0.4, -0.2) is 47.8 Å². The minimum Gasteiger partial charge on any atom is -0.497 e. The van der Waals surface area contributed by atoms with Crippen LogP contribution in [0.5, 0.6) is 5.75 Å². The summed E-state index contributed by atoms with van der Waals surface area (Å²) in [6.07, 6.45) is 0. The molecule has 2 amide bonds. The Balaban J connectivity index is 1.83. The van der Waals surface area contributed by atoms with Gasteiger partial charge in [0, 0.05) is 23.2 Å². The average Bonchev–Trinajstić information content (AvgIpc) is 3.36. The van der Waals surface area contributed by atoms with Crippen molar-refractivity contribution >= 4 is 28.9 Å². The number of thiophene rings is 1. The van der Waals surface area contributed by atoms with Gasteiger partial charge in [0.15, 0.2) is 5.78 Å². The van der Waals surface area contributed by atoms with Crippen LogP contribution in [0.15, 0.2) is 47.8 Å². The summed E-state index contributed by atoms with van der Waals surface area (Å²) in [7, 11) is 3.12. The molecule has 0 aliphatic carbocycles. The number of ketones is 1. The van der Waals surface area contributed by atoms with E-state index in [1.165, 1.54) is 11.0 Å². The van der Waals surface area contributed by atoms with Gasteiger partial charge in [-0.3, -0.25) is 14.4 Å². The van der Waals surface area contributed by atoms with Gasteiger partial charge in [0.25, 0.3) is 11.8 Å². The molecule has 156 valence electrons. The van der Waals surface area contributed by atoms with Crippen molar-refractivity contribution in [3.05, 3.63) is 75.2 Å². The molecule has 0 aliphatic rings. The van der Waals surface area contributed by atoms with Gasteiger partial charge < -0.3 is 19.9 Å². The van der Waals surface area contributed by atoms with Crippen molar-refractivity contribution < 1.29 is 19.1 Å². The highest BCUT2D eigenvalue weighted by atomic mass is 32.1. The van der Waals surface area contributed by atoms with E-state index in [4.69, 9.17) is 10.5 Å². The maximum absolute atomic E-state index is 13.0. The molecule has 0 fully saturated rings. The van der Waals surface area contributed by atoms with E-state index < -0.39 is 5.91 Å². The van der Waals surface area contributed by atoms with Crippen molar-refractivity contribution in [3.8, 4) is 5.75 Å². The van der Waals surface area contributed by atoms with Gasteiger partial charge in [-0.05, 0) is 48.7 Å². The van der Waals surface area contributed by atoms with Crippen LogP contribution in [0.1, 0.15) is 41.8 Å². The van der Waals surface area contributed by atoms with Crippen LogP contribution < -0.4 is 10.5 Å². The molecule has 1 aromatic carbocycles. The number of primary amides is 1. The van der Waals surface area contributed by atoms with E-state index in [1.807, 2.05) is 17.5 Å². The molecular formula is C22H23N3O4S. The second-order valence-electron chi connectivity index (χ2n) is 6.87. The molecule has 0 spiro atoms. The summed E-state index contributed by atoms with van der Waals surface area (Å²) in [5.41, 5.74) is 7.22. The van der Waals surface area contributed by atoms with E-state index in [-0.39, 0.29) is 18.2 Å². The van der Waals surface area contributed by atoms with Gasteiger partial charge in [-0.25, -0.2) is 0 Å². The molecule has 3 aromatic rings. The summed E-state index contributed by atoms with van der Waals surface area (Å²) in [4.78, 5) is 39.9. The Bertz CT molecular complexity index is 1070. The molecule has 0 saturated heterocycles. The summed E-state index contributed by atoms with van der Waals surface area (Å²) >= 11 is 1.56. The van der Waals surface area contributed by atoms with E-state index in [9.17, 15) is 14.4 Å². The molecule has 2 aromatic heterocycles. The SMILES string of the molecule is COc1ccc(C(=O)N(C)CC(=O)c2cc(C(N)=O)c(C)n2Cc2cccs2)cc1. The average molecular weight is 426 g/mol. The lowest BCUT2D eigenvalue weighted by atomic mass is 10.1. The van der Waals surface area contributed by atoms with Crippen molar-refractivity contribution in [1.82, 2.24) is 9.47 Å². The number of hydrogen-bond acceptors (Lipinski definition) is 5. The minimum atomic E-state index is -0.589. The van der Waals surface area contributed by atoms with Gasteiger partial charge in [0.05, 0.1) is 31.5 Å². The molecule has 0 atom stereocenters. The summed E-state index contributed by atoms with van der Waals surface area (Å²) in [6.45, 7) is 2.08. The zero-order chi connectivity index (χ0) is 21.8. The first-order valence-electron chi connectivity index (χ1n) is 9.26. The van der Waals surface area contributed by atoms with Gasteiger partial charge in [0.1, 0.15) is 5.75 Å². The minimum absolute atomic E-state index is 0.128. The van der Waals surface area contributed by atoms with Crippen LogP contribution in [0.2, 0.25) is 0 Å². The first kappa shape index (κ1) is 21.3. The summed E-state index contributed by atoms with van der Waals surface area (Å²) < 4.78 is 6.88. The molecule has 7 nitrogen and oxygen atoms in total. The molecule has 0 bridgehead atoms. The lowest BCUT2D eigenvalue weighted by Gasteiger charge is -2.17. The summed E-state index contributed by atoms with van der Waals surface area (Å²) in [6, 6.07) is 12.1. The molecular weight excluding hydrogens is 402 g/mol. The molecule has 3 rings (SSSR count). The largest absolute Gasteiger partial charge is 0.497 e. The van der Waals surface area contributed by atoms with Gasteiger partial charge in [-0.2, -0.15) is 0 Å². The smallest absolute Gasteiger partial charge is 0.254 e. The highest BCUT2D eigenvalue weighted by Crippen LogP contribution is 2.21. The zero-order valence-electron chi connectivity index (χ0n) is 17.0. The Labute approximate surface area is 178 Å². The van der Waals surface area contributed by atoms with Crippen LogP contribution in [-0.2, 0) is 6.54 Å². The van der Waals surface area contributed by atoms with Gasteiger partial charge >= 0.3 is 0 Å². The molecule has 2 N–H and O–H groups in total. The number of nitrogens with zero attached hydrogens (tertiary/aromatic N) is 2. The number of Topliss-reactive ketones (excluding diaryl/α,β-unsaturated/α-hetero) is 1. The molecule has 0 radical (unpaired) electrons. The topological polar surface area (TPSA) is 94.6 Å². The molecule has 8 heteroatoms. The number of ether oxygens (including phenoxy) is 1. The second-order valence-corrected chi connectivity index (χ2v) is 7.90. The fraction of sp³-hybridized carbons (Fsp3) is 0.227. The number of carbonyl (C=O) groups is 3. The Hall–Kier alpha value is -3.39. The number of likely N-dealkylation sites (N-methyl/N-ethyl adjacent to an activating group) is 1. The number of hydrogen-bond donors (Lipinski definition) is 1. The predicted molar refractivity (Wildman–Crippen MR) is 115 cm³/mol. The Kier molecular flexibility index (Phi) is 6.37.